The van der Waals surface area contributed by atoms with Gasteiger partial charge in [-0.3, -0.25) is 14.5 Å². The Morgan fingerprint density at radius 1 is 1.32 bits per heavy atom. The third-order valence-corrected chi connectivity index (χ3v) is 8.74. The van der Waals surface area contributed by atoms with Gasteiger partial charge in [0, 0.05) is 4.88 Å². The van der Waals surface area contributed by atoms with Crippen molar-refractivity contribution in [2.75, 3.05) is 11.9 Å². The monoisotopic (exact) mass is 478 g/mol. The van der Waals surface area contributed by atoms with E-state index in [-0.39, 0.29) is 5.41 Å². The van der Waals surface area contributed by atoms with Crippen LogP contribution in [0.4, 0.5) is 9.80 Å². The van der Waals surface area contributed by atoms with E-state index >= 15 is 0 Å². The van der Waals surface area contributed by atoms with Crippen LogP contribution < -0.4 is 10.6 Å². The first-order valence-electron chi connectivity index (χ1n) is 11.6. The first kappa shape index (κ1) is 24.0. The quantitative estimate of drug-likeness (QED) is 0.594. The first-order chi connectivity index (χ1) is 16.1. The van der Waals surface area contributed by atoms with Gasteiger partial charge >= 0.3 is 6.03 Å². The molecule has 1 aliphatic carbocycles. The molecule has 4 rings (SSSR count). The SMILES string of the molecule is CCC(C)(C)[C@H]1CCc2c(sc(NC(=O)CN3C(=O)N[C@](C)(c4ccccc4)C3=O)c2C#N)C1. The van der Waals surface area contributed by atoms with Crippen LogP contribution in [-0.2, 0) is 28.0 Å². The van der Waals surface area contributed by atoms with Crippen LogP contribution in [0.15, 0.2) is 30.3 Å². The molecule has 0 radical (unpaired) electrons. The Balaban J connectivity index is 1.50. The van der Waals surface area contributed by atoms with Crippen molar-refractivity contribution in [3.05, 3.63) is 51.9 Å². The van der Waals surface area contributed by atoms with Gasteiger partial charge in [0.25, 0.3) is 5.91 Å². The molecule has 2 N–H and O–H groups in total. The maximum Gasteiger partial charge on any atom is 0.325 e. The zero-order valence-electron chi connectivity index (χ0n) is 20.0. The highest BCUT2D eigenvalue weighted by Crippen LogP contribution is 2.45. The highest BCUT2D eigenvalue weighted by atomic mass is 32.1. The van der Waals surface area contributed by atoms with Gasteiger partial charge in [-0.15, -0.1) is 11.3 Å². The molecular weight excluding hydrogens is 448 g/mol. The average molecular weight is 479 g/mol. The molecule has 0 bridgehead atoms. The van der Waals surface area contributed by atoms with Crippen LogP contribution in [0.3, 0.4) is 0 Å². The maximum atomic E-state index is 13.1. The molecule has 1 fully saturated rings. The third-order valence-electron chi connectivity index (χ3n) is 7.57. The van der Waals surface area contributed by atoms with Crippen LogP contribution in [0.5, 0.6) is 0 Å². The first-order valence-corrected chi connectivity index (χ1v) is 12.5. The molecule has 0 saturated carbocycles. The number of hydrogen-bond donors (Lipinski definition) is 2. The van der Waals surface area contributed by atoms with Gasteiger partial charge in [-0.1, -0.05) is 57.5 Å². The predicted molar refractivity (Wildman–Crippen MR) is 131 cm³/mol. The fraction of sp³-hybridized carbons (Fsp3) is 0.462. The lowest BCUT2D eigenvalue weighted by atomic mass is 9.69. The Hall–Kier alpha value is -3.18. The number of hydrogen-bond acceptors (Lipinski definition) is 5. The molecule has 178 valence electrons. The Kier molecular flexibility index (Phi) is 6.26. The minimum Gasteiger partial charge on any atom is -0.319 e. The minimum absolute atomic E-state index is 0.215. The molecule has 2 heterocycles. The fourth-order valence-corrected chi connectivity index (χ4v) is 6.16. The topological polar surface area (TPSA) is 102 Å². The Morgan fingerprint density at radius 3 is 2.68 bits per heavy atom. The predicted octanol–water partition coefficient (Wildman–Crippen LogP) is 4.57. The normalized spacial score (nSPS) is 22.2. The molecule has 1 aromatic heterocycles. The van der Waals surface area contributed by atoms with Crippen LogP contribution >= 0.6 is 11.3 Å². The van der Waals surface area contributed by atoms with E-state index in [0.717, 1.165) is 41.0 Å². The number of rotatable bonds is 6. The van der Waals surface area contributed by atoms with E-state index in [2.05, 4.69) is 37.5 Å². The summed E-state index contributed by atoms with van der Waals surface area (Å²) in [5, 5.41) is 15.8. The third kappa shape index (κ3) is 4.09. The summed E-state index contributed by atoms with van der Waals surface area (Å²) >= 11 is 1.44. The number of benzene rings is 1. The van der Waals surface area contributed by atoms with E-state index in [0.29, 0.717) is 22.0 Å². The molecule has 8 heteroatoms. The molecule has 0 spiro atoms. The molecule has 2 atom stereocenters. The molecule has 4 amide bonds. The summed E-state index contributed by atoms with van der Waals surface area (Å²) in [4.78, 5) is 40.6. The van der Waals surface area contributed by atoms with E-state index < -0.39 is 29.9 Å². The molecule has 1 aromatic carbocycles. The van der Waals surface area contributed by atoms with E-state index in [1.807, 2.05) is 6.07 Å². The van der Waals surface area contributed by atoms with Crippen LogP contribution in [0.25, 0.3) is 0 Å². The van der Waals surface area contributed by atoms with Crippen molar-refractivity contribution in [3.8, 4) is 6.07 Å². The van der Waals surface area contributed by atoms with E-state index in [4.69, 9.17) is 0 Å². The van der Waals surface area contributed by atoms with Crippen molar-refractivity contribution < 1.29 is 14.4 Å². The second-order valence-electron chi connectivity index (χ2n) is 9.96. The smallest absolute Gasteiger partial charge is 0.319 e. The zero-order valence-corrected chi connectivity index (χ0v) is 20.8. The lowest BCUT2D eigenvalue weighted by molar-refractivity contribution is -0.133. The largest absolute Gasteiger partial charge is 0.325 e. The number of thiophene rings is 1. The molecular formula is C26H30N4O3S. The van der Waals surface area contributed by atoms with Gasteiger partial charge in [0.2, 0.25) is 5.91 Å². The maximum absolute atomic E-state index is 13.1. The van der Waals surface area contributed by atoms with Gasteiger partial charge in [0.1, 0.15) is 23.2 Å². The summed E-state index contributed by atoms with van der Waals surface area (Å²) in [5.74, 6) is -0.448. The number of nitrogens with one attached hydrogen (secondary N) is 2. The van der Waals surface area contributed by atoms with Crippen molar-refractivity contribution in [1.29, 1.82) is 5.26 Å². The van der Waals surface area contributed by atoms with Gasteiger partial charge in [0.05, 0.1) is 5.56 Å². The van der Waals surface area contributed by atoms with Gasteiger partial charge in [0.15, 0.2) is 0 Å². The molecule has 7 nitrogen and oxygen atoms in total. The van der Waals surface area contributed by atoms with Crippen LogP contribution in [0.1, 0.15) is 62.1 Å². The van der Waals surface area contributed by atoms with Crippen molar-refractivity contribution in [1.82, 2.24) is 10.2 Å². The number of nitriles is 1. The molecule has 34 heavy (non-hydrogen) atoms. The summed E-state index contributed by atoms with van der Waals surface area (Å²) < 4.78 is 0. The number of urea groups is 1. The second-order valence-corrected chi connectivity index (χ2v) is 11.1. The number of imide groups is 1. The number of fused-ring (bicyclic) bond motifs is 1. The standard InChI is InChI=1S/C26H30N4O3S/c1-5-25(2,3)17-11-12-18-19(14-27)22(34-20(18)13-17)28-21(31)15-30-23(32)26(4,29-24(30)33)16-9-7-6-8-10-16/h6-10,17H,5,11-13,15H2,1-4H3,(H,28,31)(H,29,33)/t17-,26+/m0/s1. The van der Waals surface area contributed by atoms with Gasteiger partial charge in [-0.2, -0.15) is 5.26 Å². The average Bonchev–Trinajstić information content (AvgIpc) is 3.28. The van der Waals surface area contributed by atoms with Gasteiger partial charge < -0.3 is 10.6 Å². The molecule has 2 aliphatic rings. The van der Waals surface area contributed by atoms with Crippen molar-refractivity contribution in [2.45, 2.75) is 58.9 Å². The van der Waals surface area contributed by atoms with Crippen LogP contribution in [0, 0.1) is 22.7 Å². The summed E-state index contributed by atoms with van der Waals surface area (Å²) in [6, 6.07) is 10.6. The summed E-state index contributed by atoms with van der Waals surface area (Å²) in [7, 11) is 0. The van der Waals surface area contributed by atoms with Crippen LogP contribution in [0.2, 0.25) is 0 Å². The summed E-state index contributed by atoms with van der Waals surface area (Å²) in [5.41, 5.74) is 1.18. The molecule has 2 aromatic rings. The van der Waals surface area contributed by atoms with Crippen molar-refractivity contribution >= 4 is 34.2 Å². The highest BCUT2D eigenvalue weighted by Gasteiger charge is 2.49. The molecule has 0 unspecified atom stereocenters. The summed E-state index contributed by atoms with van der Waals surface area (Å²) in [6.45, 7) is 7.99. The lowest BCUT2D eigenvalue weighted by Gasteiger charge is -2.36. The Morgan fingerprint density at radius 2 is 2.03 bits per heavy atom. The lowest BCUT2D eigenvalue weighted by Crippen LogP contribution is -2.42. The number of anilines is 1. The van der Waals surface area contributed by atoms with Crippen LogP contribution in [-0.4, -0.2) is 29.3 Å². The van der Waals surface area contributed by atoms with Crippen molar-refractivity contribution in [2.24, 2.45) is 11.3 Å². The number of amides is 4. The zero-order chi connectivity index (χ0) is 24.7. The van der Waals surface area contributed by atoms with Gasteiger partial charge in [-0.05, 0) is 48.6 Å². The van der Waals surface area contributed by atoms with E-state index in [1.165, 1.54) is 11.3 Å². The Bertz CT molecular complexity index is 1180. The number of carbonyl (C=O) groups excluding carboxylic acids is 3. The fourth-order valence-electron chi connectivity index (χ4n) is 4.87. The van der Waals surface area contributed by atoms with E-state index in [1.54, 1.807) is 31.2 Å². The molecule has 1 aliphatic heterocycles. The molecule has 1 saturated heterocycles. The summed E-state index contributed by atoms with van der Waals surface area (Å²) in [6.07, 6.45) is 3.82. The highest BCUT2D eigenvalue weighted by molar-refractivity contribution is 7.16. The minimum atomic E-state index is -1.22. The van der Waals surface area contributed by atoms with Gasteiger partial charge in [-0.25, -0.2) is 4.79 Å². The second kappa shape index (κ2) is 8.88. The number of nitrogens with zero attached hydrogens (tertiary/aromatic N) is 2. The Labute approximate surface area is 204 Å². The van der Waals surface area contributed by atoms with Crippen molar-refractivity contribution in [3.63, 3.8) is 0 Å². The number of carbonyl (C=O) groups is 3. The van der Waals surface area contributed by atoms with E-state index in [9.17, 15) is 19.6 Å².